The maximum Gasteiger partial charge on any atom is 0.360 e. The summed E-state index contributed by atoms with van der Waals surface area (Å²) in [5.74, 6) is 0.273. The average Bonchev–Trinajstić information content (AvgIpc) is 2.53. The summed E-state index contributed by atoms with van der Waals surface area (Å²) in [5.41, 5.74) is 0. The third kappa shape index (κ3) is 3.11. The van der Waals surface area contributed by atoms with Gasteiger partial charge < -0.3 is 14.5 Å². The molecule has 0 aliphatic carbocycles. The molecule has 0 radical (unpaired) electrons. The number of hydrogen-bond acceptors (Lipinski definition) is 2. The Morgan fingerprint density at radius 1 is 0.957 bits per heavy atom. The number of benzene rings is 3. The van der Waals surface area contributed by atoms with E-state index in [1.165, 1.54) is 0 Å². The molecule has 3 rings (SSSR count). The second kappa shape index (κ2) is 6.32. The average molecular weight is 330 g/mol. The largest absolute Gasteiger partial charge is 0.493 e. The first kappa shape index (κ1) is 16.0. The lowest BCUT2D eigenvalue weighted by molar-refractivity contribution is 0.310. The second-order valence-corrected chi connectivity index (χ2v) is 7.08. The molecule has 120 valence electrons. The number of hydrogen-bond donors (Lipinski definition) is 2. The third-order valence-electron chi connectivity index (χ3n) is 3.91. The molecule has 0 heterocycles. The molecule has 3 aromatic rings. The second-order valence-electron chi connectivity index (χ2n) is 5.54. The lowest BCUT2D eigenvalue weighted by atomic mass is 10.0. The highest BCUT2D eigenvalue weighted by Crippen LogP contribution is 2.42. The van der Waals surface area contributed by atoms with Crippen LogP contribution >= 0.6 is 7.60 Å². The van der Waals surface area contributed by atoms with Gasteiger partial charge in [-0.3, -0.25) is 4.57 Å². The van der Waals surface area contributed by atoms with Crippen LogP contribution in [0.2, 0.25) is 0 Å². The van der Waals surface area contributed by atoms with Crippen LogP contribution < -0.4 is 10.0 Å². The minimum absolute atomic E-state index is 0.0168. The van der Waals surface area contributed by atoms with Gasteiger partial charge in [0.05, 0.1) is 6.61 Å². The predicted octanol–water partition coefficient (Wildman–Crippen LogP) is 3.97. The van der Waals surface area contributed by atoms with Gasteiger partial charge in [-0.2, -0.15) is 0 Å². The van der Waals surface area contributed by atoms with Crippen LogP contribution in [0, 0.1) is 0 Å². The van der Waals surface area contributed by atoms with Gasteiger partial charge in [0, 0.05) is 5.39 Å². The number of rotatable bonds is 5. The van der Waals surface area contributed by atoms with Crippen LogP contribution in [0.1, 0.15) is 19.8 Å². The molecule has 0 fully saturated rings. The first-order chi connectivity index (χ1) is 11.0. The summed E-state index contributed by atoms with van der Waals surface area (Å²) in [5, 5.41) is 3.36. The van der Waals surface area contributed by atoms with Gasteiger partial charge in [-0.1, -0.05) is 55.8 Å². The minimum atomic E-state index is -4.45. The molecule has 0 aliphatic heterocycles. The number of ether oxygens (including phenoxy) is 1. The van der Waals surface area contributed by atoms with Gasteiger partial charge in [-0.15, -0.1) is 0 Å². The fourth-order valence-corrected chi connectivity index (χ4v) is 3.73. The zero-order valence-corrected chi connectivity index (χ0v) is 13.8. The Balaban J connectivity index is 2.26. The molecule has 0 spiro atoms. The van der Waals surface area contributed by atoms with E-state index in [1.54, 1.807) is 12.1 Å². The molecule has 5 heteroatoms. The van der Waals surface area contributed by atoms with E-state index >= 15 is 0 Å². The summed E-state index contributed by atoms with van der Waals surface area (Å²) in [6.07, 6.45) is 1.81. The van der Waals surface area contributed by atoms with Gasteiger partial charge in [0.15, 0.2) is 0 Å². The van der Waals surface area contributed by atoms with Crippen molar-refractivity contribution in [2.45, 2.75) is 19.8 Å². The molecular formula is C18H19O4P. The minimum Gasteiger partial charge on any atom is -0.493 e. The first-order valence-electron chi connectivity index (χ1n) is 7.65. The van der Waals surface area contributed by atoms with E-state index in [-0.39, 0.29) is 11.1 Å². The van der Waals surface area contributed by atoms with E-state index in [0.29, 0.717) is 12.0 Å². The monoisotopic (exact) mass is 330 g/mol. The SMILES string of the molecule is CCCCOc1ccc2c(ccc3ccccc32)c1P(=O)(O)O. The molecule has 0 bridgehead atoms. The fraction of sp³-hybridized carbons (Fsp3) is 0.222. The molecule has 0 atom stereocenters. The van der Waals surface area contributed by atoms with Crippen molar-refractivity contribution in [3.05, 3.63) is 48.5 Å². The smallest absolute Gasteiger partial charge is 0.360 e. The normalized spacial score (nSPS) is 12.0. The lowest BCUT2D eigenvalue weighted by Gasteiger charge is -2.16. The summed E-state index contributed by atoms with van der Waals surface area (Å²) in [7, 11) is -4.45. The highest BCUT2D eigenvalue weighted by molar-refractivity contribution is 7.61. The molecule has 0 unspecified atom stereocenters. The van der Waals surface area contributed by atoms with Gasteiger partial charge in [0.1, 0.15) is 11.1 Å². The van der Waals surface area contributed by atoms with Crippen LogP contribution in [0.15, 0.2) is 48.5 Å². The van der Waals surface area contributed by atoms with Crippen LogP contribution in [-0.4, -0.2) is 16.4 Å². The Morgan fingerprint density at radius 3 is 2.43 bits per heavy atom. The zero-order chi connectivity index (χ0) is 16.4. The van der Waals surface area contributed by atoms with Gasteiger partial charge >= 0.3 is 7.60 Å². The Hall–Kier alpha value is -1.87. The van der Waals surface area contributed by atoms with Crippen LogP contribution in [-0.2, 0) is 4.57 Å². The molecule has 0 aliphatic rings. The number of unbranched alkanes of at least 4 members (excludes halogenated alkanes) is 1. The maximum absolute atomic E-state index is 12.1. The highest BCUT2D eigenvalue weighted by atomic mass is 31.2. The van der Waals surface area contributed by atoms with Crippen molar-refractivity contribution in [3.8, 4) is 5.75 Å². The molecule has 3 aromatic carbocycles. The highest BCUT2D eigenvalue weighted by Gasteiger charge is 2.26. The Labute approximate surface area is 134 Å². The summed E-state index contributed by atoms with van der Waals surface area (Å²) in [6, 6.07) is 15.0. The first-order valence-corrected chi connectivity index (χ1v) is 9.27. The molecule has 4 nitrogen and oxygen atoms in total. The summed E-state index contributed by atoms with van der Waals surface area (Å²) in [6.45, 7) is 2.49. The van der Waals surface area contributed by atoms with Gasteiger partial charge in [-0.05, 0) is 28.6 Å². The van der Waals surface area contributed by atoms with Crippen molar-refractivity contribution < 1.29 is 19.1 Å². The Morgan fingerprint density at radius 2 is 1.70 bits per heavy atom. The molecule has 23 heavy (non-hydrogen) atoms. The maximum atomic E-state index is 12.1. The third-order valence-corrected chi connectivity index (χ3v) is 4.95. The Bertz CT molecular complexity index is 898. The van der Waals surface area contributed by atoms with Gasteiger partial charge in [0.2, 0.25) is 0 Å². The summed E-state index contributed by atoms with van der Waals surface area (Å²) >= 11 is 0. The van der Waals surface area contributed by atoms with E-state index in [4.69, 9.17) is 4.74 Å². The lowest BCUT2D eigenvalue weighted by Crippen LogP contribution is -2.12. The van der Waals surface area contributed by atoms with Crippen molar-refractivity contribution in [2.24, 2.45) is 0 Å². The van der Waals surface area contributed by atoms with Crippen molar-refractivity contribution in [1.29, 1.82) is 0 Å². The van der Waals surface area contributed by atoms with E-state index in [1.807, 2.05) is 43.3 Å². The van der Waals surface area contributed by atoms with Gasteiger partial charge in [-0.25, -0.2) is 0 Å². The summed E-state index contributed by atoms with van der Waals surface area (Å²) < 4.78 is 17.7. The van der Waals surface area contributed by atoms with Gasteiger partial charge in [0.25, 0.3) is 0 Å². The molecule has 0 aromatic heterocycles. The van der Waals surface area contributed by atoms with E-state index in [9.17, 15) is 14.4 Å². The van der Waals surface area contributed by atoms with Crippen molar-refractivity contribution >= 4 is 34.4 Å². The molecular weight excluding hydrogens is 311 g/mol. The van der Waals surface area contributed by atoms with Crippen molar-refractivity contribution in [1.82, 2.24) is 0 Å². The fourth-order valence-electron chi connectivity index (χ4n) is 2.80. The molecule has 0 saturated heterocycles. The molecule has 0 saturated carbocycles. The summed E-state index contributed by atoms with van der Waals surface area (Å²) in [4.78, 5) is 19.7. The zero-order valence-electron chi connectivity index (χ0n) is 12.9. The van der Waals surface area contributed by atoms with Crippen molar-refractivity contribution in [2.75, 3.05) is 6.61 Å². The topological polar surface area (TPSA) is 66.8 Å². The van der Waals surface area contributed by atoms with E-state index in [2.05, 4.69) is 0 Å². The van der Waals surface area contributed by atoms with Crippen LogP contribution in [0.25, 0.3) is 21.5 Å². The van der Waals surface area contributed by atoms with Crippen LogP contribution in [0.3, 0.4) is 0 Å². The van der Waals surface area contributed by atoms with Crippen molar-refractivity contribution in [3.63, 3.8) is 0 Å². The quantitative estimate of drug-likeness (QED) is 0.422. The Kier molecular flexibility index (Phi) is 4.40. The molecule has 2 N–H and O–H groups in total. The van der Waals surface area contributed by atoms with E-state index < -0.39 is 7.60 Å². The molecule has 0 amide bonds. The number of fused-ring (bicyclic) bond motifs is 3. The van der Waals surface area contributed by atoms with E-state index in [0.717, 1.165) is 29.0 Å². The van der Waals surface area contributed by atoms with Crippen LogP contribution in [0.4, 0.5) is 0 Å². The van der Waals surface area contributed by atoms with Crippen LogP contribution in [0.5, 0.6) is 5.75 Å². The standard InChI is InChI=1S/C18H19O4P/c1-2-3-12-22-17-11-10-15-14-7-5-4-6-13(14)8-9-16(15)18(17)23(19,20)21/h4-11H,2-3,12H2,1H3,(H2,19,20,21). The predicted molar refractivity (Wildman–Crippen MR) is 93.5 cm³/mol.